The van der Waals surface area contributed by atoms with Crippen molar-refractivity contribution in [2.45, 2.75) is 31.3 Å². The third-order valence-corrected chi connectivity index (χ3v) is 5.87. The van der Waals surface area contributed by atoms with Gasteiger partial charge in [-0.1, -0.05) is 12.1 Å². The fourth-order valence-electron chi connectivity index (χ4n) is 2.83. The number of ether oxygens (including phenoxy) is 1. The average molecular weight is 455 g/mol. The van der Waals surface area contributed by atoms with Crippen LogP contribution >= 0.6 is 0 Å². The Balaban J connectivity index is 1.86. The highest BCUT2D eigenvalue weighted by Gasteiger charge is 2.20. The van der Waals surface area contributed by atoms with Crippen molar-refractivity contribution in [2.75, 3.05) is 0 Å². The summed E-state index contributed by atoms with van der Waals surface area (Å²) in [5.74, 6) is -1.58. The van der Waals surface area contributed by atoms with Crippen LogP contribution in [-0.4, -0.2) is 40.0 Å². The van der Waals surface area contributed by atoms with Crippen LogP contribution in [0.1, 0.15) is 31.9 Å². The first-order valence-electron chi connectivity index (χ1n) is 9.60. The van der Waals surface area contributed by atoms with Crippen LogP contribution in [0.3, 0.4) is 0 Å². The maximum atomic E-state index is 13.1. The van der Waals surface area contributed by atoms with E-state index in [0.29, 0.717) is 16.5 Å². The highest BCUT2D eigenvalue weighted by Crippen LogP contribution is 2.22. The van der Waals surface area contributed by atoms with Gasteiger partial charge in [0, 0.05) is 29.9 Å². The van der Waals surface area contributed by atoms with E-state index in [4.69, 9.17) is 9.84 Å². The summed E-state index contributed by atoms with van der Waals surface area (Å²) < 4.78 is 32.4. The van der Waals surface area contributed by atoms with Crippen molar-refractivity contribution in [1.29, 1.82) is 0 Å². The number of fused-ring (bicyclic) bond motifs is 1. The molecule has 2 aromatic heterocycles. The number of aliphatic carboxylic acids is 1. The molecular formula is C23H22N2O6S. The molecule has 9 heteroatoms. The Bertz CT molecular complexity index is 1330. The van der Waals surface area contributed by atoms with Gasteiger partial charge in [0.15, 0.2) is 5.65 Å². The first-order chi connectivity index (χ1) is 15.0. The molecule has 0 unspecified atom stereocenters. The lowest BCUT2D eigenvalue weighted by atomic mass is 10.2. The molecule has 2 heterocycles. The number of esters is 1. The van der Waals surface area contributed by atoms with Gasteiger partial charge in [-0.05, 0) is 68.3 Å². The molecule has 0 amide bonds. The molecule has 1 N–H and O–H groups in total. The van der Waals surface area contributed by atoms with Gasteiger partial charge in [-0.25, -0.2) is 27.0 Å². The number of pyridine rings is 1. The third-order valence-electron chi connectivity index (χ3n) is 4.19. The molecule has 0 spiro atoms. The van der Waals surface area contributed by atoms with E-state index >= 15 is 0 Å². The van der Waals surface area contributed by atoms with Gasteiger partial charge in [-0.3, -0.25) is 0 Å². The highest BCUT2D eigenvalue weighted by atomic mass is 32.2. The van der Waals surface area contributed by atoms with Gasteiger partial charge in [0.25, 0.3) is 10.0 Å². The molecule has 0 atom stereocenters. The lowest BCUT2D eigenvalue weighted by Gasteiger charge is -2.17. The number of carboxylic acid groups (broad SMARTS) is 1. The van der Waals surface area contributed by atoms with Crippen molar-refractivity contribution < 1.29 is 27.9 Å². The highest BCUT2D eigenvalue weighted by molar-refractivity contribution is 7.90. The number of hydrogen-bond acceptors (Lipinski definition) is 6. The quantitative estimate of drug-likeness (QED) is 0.446. The standard InChI is InChI=1S/C23H22N2O6S/c1-23(2,3)31-21(28)11-7-17-14-18-12-13-25(22(18)24-15-17)32(29,30)19-8-4-16(5-9-19)6-10-20(26)27/h4-15H,1-3H3,(H,26,27)/b10-6+,11-7+. The second kappa shape index (κ2) is 8.80. The van der Waals surface area contributed by atoms with E-state index in [2.05, 4.69) is 4.98 Å². The maximum Gasteiger partial charge on any atom is 0.331 e. The van der Waals surface area contributed by atoms with Crippen molar-refractivity contribution in [3.05, 3.63) is 72.1 Å². The molecule has 0 bridgehead atoms. The number of carbonyl (C=O) groups is 2. The van der Waals surface area contributed by atoms with Crippen LogP contribution in [-0.2, 0) is 24.3 Å². The predicted molar refractivity (Wildman–Crippen MR) is 120 cm³/mol. The second-order valence-corrected chi connectivity index (χ2v) is 9.72. The molecule has 166 valence electrons. The number of carboxylic acids is 1. The SMILES string of the molecule is CC(C)(C)OC(=O)/C=C/c1cnc2c(ccn2S(=O)(=O)c2ccc(/C=C/C(=O)O)cc2)c1. The molecular weight excluding hydrogens is 432 g/mol. The lowest BCUT2D eigenvalue weighted by Crippen LogP contribution is -2.22. The smallest absolute Gasteiger partial charge is 0.331 e. The first kappa shape index (κ1) is 23.0. The number of benzene rings is 1. The molecule has 0 saturated carbocycles. The van der Waals surface area contributed by atoms with Gasteiger partial charge in [0.2, 0.25) is 0 Å². The van der Waals surface area contributed by atoms with Gasteiger partial charge in [-0.15, -0.1) is 0 Å². The van der Waals surface area contributed by atoms with Crippen LogP contribution < -0.4 is 0 Å². The van der Waals surface area contributed by atoms with E-state index in [9.17, 15) is 18.0 Å². The number of rotatable bonds is 6. The van der Waals surface area contributed by atoms with Crippen molar-refractivity contribution in [3.63, 3.8) is 0 Å². The Morgan fingerprint density at radius 1 is 1.03 bits per heavy atom. The molecule has 0 radical (unpaired) electrons. The van der Waals surface area contributed by atoms with Crippen LogP contribution in [0.25, 0.3) is 23.2 Å². The Kier molecular flexibility index (Phi) is 6.31. The van der Waals surface area contributed by atoms with E-state index in [1.165, 1.54) is 48.8 Å². The topological polar surface area (TPSA) is 116 Å². The molecule has 32 heavy (non-hydrogen) atoms. The van der Waals surface area contributed by atoms with E-state index in [1.54, 1.807) is 39.0 Å². The summed E-state index contributed by atoms with van der Waals surface area (Å²) >= 11 is 0. The zero-order valence-corrected chi connectivity index (χ0v) is 18.5. The van der Waals surface area contributed by atoms with E-state index in [-0.39, 0.29) is 10.5 Å². The fraction of sp³-hybridized carbons (Fsp3) is 0.174. The Hall–Kier alpha value is -3.72. The second-order valence-electron chi connectivity index (χ2n) is 7.91. The lowest BCUT2D eigenvalue weighted by molar-refractivity contribution is -0.148. The number of nitrogens with zero attached hydrogens (tertiary/aromatic N) is 2. The summed E-state index contributed by atoms with van der Waals surface area (Å²) in [5, 5.41) is 9.27. The summed E-state index contributed by atoms with van der Waals surface area (Å²) in [7, 11) is -3.91. The molecule has 8 nitrogen and oxygen atoms in total. The van der Waals surface area contributed by atoms with Crippen molar-refractivity contribution in [3.8, 4) is 0 Å². The van der Waals surface area contributed by atoms with E-state index in [0.717, 1.165) is 10.0 Å². The molecule has 0 fully saturated rings. The summed E-state index contributed by atoms with van der Waals surface area (Å²) in [6.45, 7) is 5.32. The predicted octanol–water partition coefficient (Wildman–Crippen LogP) is 3.73. The minimum Gasteiger partial charge on any atom is -0.478 e. The summed E-state index contributed by atoms with van der Waals surface area (Å²) in [6.07, 6.45) is 8.07. The maximum absolute atomic E-state index is 13.1. The average Bonchev–Trinajstić information content (AvgIpc) is 3.14. The summed E-state index contributed by atoms with van der Waals surface area (Å²) in [6, 6.07) is 9.18. The van der Waals surface area contributed by atoms with Crippen molar-refractivity contribution >= 4 is 45.1 Å². The van der Waals surface area contributed by atoms with Gasteiger partial charge in [-0.2, -0.15) is 0 Å². The Morgan fingerprint density at radius 2 is 1.69 bits per heavy atom. The van der Waals surface area contributed by atoms with Crippen LogP contribution in [0.4, 0.5) is 0 Å². The normalized spacial score (nSPS) is 12.6. The minimum atomic E-state index is -3.91. The molecule has 1 aromatic carbocycles. The van der Waals surface area contributed by atoms with Crippen molar-refractivity contribution in [1.82, 2.24) is 8.96 Å². The van der Waals surface area contributed by atoms with Gasteiger partial charge >= 0.3 is 11.9 Å². The number of hydrogen-bond donors (Lipinski definition) is 1. The van der Waals surface area contributed by atoms with Crippen LogP contribution in [0.2, 0.25) is 0 Å². The van der Waals surface area contributed by atoms with E-state index < -0.39 is 27.6 Å². The Labute approximate surface area is 185 Å². The molecule has 0 aliphatic heterocycles. The molecule has 0 aliphatic carbocycles. The zero-order chi connectivity index (χ0) is 23.5. The minimum absolute atomic E-state index is 0.0400. The first-order valence-corrected chi connectivity index (χ1v) is 11.0. The molecule has 3 rings (SSSR count). The molecule has 3 aromatic rings. The van der Waals surface area contributed by atoms with Crippen molar-refractivity contribution in [2.24, 2.45) is 0 Å². The fourth-order valence-corrected chi connectivity index (χ4v) is 4.14. The summed E-state index contributed by atoms with van der Waals surface area (Å²) in [5.41, 5.74) is 0.825. The number of aromatic nitrogens is 2. The summed E-state index contributed by atoms with van der Waals surface area (Å²) in [4.78, 5) is 26.7. The zero-order valence-electron chi connectivity index (χ0n) is 17.7. The largest absolute Gasteiger partial charge is 0.478 e. The van der Waals surface area contributed by atoms with Gasteiger partial charge in [0.05, 0.1) is 4.90 Å². The van der Waals surface area contributed by atoms with Gasteiger partial charge < -0.3 is 9.84 Å². The molecule has 0 saturated heterocycles. The van der Waals surface area contributed by atoms with Gasteiger partial charge in [0.1, 0.15) is 5.60 Å². The van der Waals surface area contributed by atoms with E-state index in [1.807, 2.05) is 0 Å². The number of carbonyl (C=O) groups excluding carboxylic acids is 1. The van der Waals surface area contributed by atoms with Crippen LogP contribution in [0, 0.1) is 0 Å². The Morgan fingerprint density at radius 3 is 2.31 bits per heavy atom. The van der Waals surface area contributed by atoms with Crippen LogP contribution in [0.5, 0.6) is 0 Å². The molecule has 0 aliphatic rings. The third kappa shape index (κ3) is 5.50. The van der Waals surface area contributed by atoms with Crippen LogP contribution in [0.15, 0.2) is 65.8 Å². The monoisotopic (exact) mass is 454 g/mol.